The first-order chi connectivity index (χ1) is 11.3. The number of halogens is 3. The maximum atomic E-state index is 12.9. The van der Waals surface area contributed by atoms with E-state index in [1.165, 1.54) is 18.2 Å². The summed E-state index contributed by atoms with van der Waals surface area (Å²) < 4.78 is 44.0. The molecular formula is C17H21F3N2O2. The molecule has 2 unspecified atom stereocenters. The topological polar surface area (TPSA) is 41.6 Å². The second kappa shape index (κ2) is 6.63. The quantitative estimate of drug-likeness (QED) is 0.915. The lowest BCUT2D eigenvalue weighted by molar-refractivity contribution is -0.141. The minimum Gasteiger partial charge on any atom is -0.483 e. The van der Waals surface area contributed by atoms with Crippen molar-refractivity contribution in [2.45, 2.75) is 50.0 Å². The van der Waals surface area contributed by atoms with Gasteiger partial charge in [0.25, 0.3) is 5.91 Å². The summed E-state index contributed by atoms with van der Waals surface area (Å²) in [6.07, 6.45) is -0.479. The van der Waals surface area contributed by atoms with E-state index < -0.39 is 11.7 Å². The van der Waals surface area contributed by atoms with Gasteiger partial charge in [-0.05, 0) is 37.8 Å². The Morgan fingerprint density at radius 1 is 1.25 bits per heavy atom. The standard InChI is InChI=1S/C17H21F3N2O2/c1-22(13-8-11-6-7-12(9-13)21-11)16(23)10-24-15-5-3-2-4-14(15)17(18,19)20/h2-5,11-13,21H,6-10H2,1H3. The van der Waals surface area contributed by atoms with Crippen molar-refractivity contribution in [1.29, 1.82) is 0 Å². The minimum atomic E-state index is -4.50. The number of rotatable bonds is 4. The van der Waals surface area contributed by atoms with Gasteiger partial charge in [-0.1, -0.05) is 12.1 Å². The summed E-state index contributed by atoms with van der Waals surface area (Å²) in [5.74, 6) is -0.601. The molecule has 1 aromatic carbocycles. The second-order valence-electron chi connectivity index (χ2n) is 6.55. The summed E-state index contributed by atoms with van der Waals surface area (Å²) in [5, 5.41) is 3.50. The number of ether oxygens (including phenoxy) is 1. The van der Waals surface area contributed by atoms with Gasteiger partial charge in [0, 0.05) is 25.2 Å². The van der Waals surface area contributed by atoms with Crippen LogP contribution in [-0.4, -0.2) is 42.6 Å². The lowest BCUT2D eigenvalue weighted by Crippen LogP contribution is -2.49. The van der Waals surface area contributed by atoms with Crippen LogP contribution in [-0.2, 0) is 11.0 Å². The van der Waals surface area contributed by atoms with Gasteiger partial charge in [0.15, 0.2) is 6.61 Å². The number of hydrogen-bond donors (Lipinski definition) is 1. The lowest BCUT2D eigenvalue weighted by atomic mass is 9.98. The van der Waals surface area contributed by atoms with E-state index in [0.717, 1.165) is 31.7 Å². The van der Waals surface area contributed by atoms with Crippen LogP contribution in [0.3, 0.4) is 0 Å². The smallest absolute Gasteiger partial charge is 0.419 e. The number of carbonyl (C=O) groups is 1. The molecule has 0 spiro atoms. The first-order valence-electron chi connectivity index (χ1n) is 8.15. The second-order valence-corrected chi connectivity index (χ2v) is 6.55. The van der Waals surface area contributed by atoms with Crippen molar-refractivity contribution in [3.05, 3.63) is 29.8 Å². The van der Waals surface area contributed by atoms with Crippen LogP contribution in [0.15, 0.2) is 24.3 Å². The van der Waals surface area contributed by atoms with Crippen molar-refractivity contribution < 1.29 is 22.7 Å². The van der Waals surface area contributed by atoms with E-state index in [9.17, 15) is 18.0 Å². The molecule has 2 bridgehead atoms. The van der Waals surface area contributed by atoms with Crippen molar-refractivity contribution in [3.8, 4) is 5.75 Å². The Morgan fingerprint density at radius 2 is 1.88 bits per heavy atom. The average Bonchev–Trinajstić information content (AvgIpc) is 2.89. The number of amides is 1. The first-order valence-corrected chi connectivity index (χ1v) is 8.15. The normalized spacial score (nSPS) is 26.2. The van der Waals surface area contributed by atoms with Crippen LogP contribution in [0.25, 0.3) is 0 Å². The fourth-order valence-corrected chi connectivity index (χ4v) is 3.62. The van der Waals surface area contributed by atoms with Gasteiger partial charge in [-0.25, -0.2) is 0 Å². The van der Waals surface area contributed by atoms with Crippen molar-refractivity contribution in [2.75, 3.05) is 13.7 Å². The maximum Gasteiger partial charge on any atom is 0.419 e. The molecular weight excluding hydrogens is 321 g/mol. The van der Waals surface area contributed by atoms with Gasteiger partial charge in [0.05, 0.1) is 5.56 Å². The van der Waals surface area contributed by atoms with Crippen LogP contribution in [0.4, 0.5) is 13.2 Å². The van der Waals surface area contributed by atoms with Gasteiger partial charge in [-0.2, -0.15) is 13.2 Å². The number of nitrogens with one attached hydrogen (secondary N) is 1. The molecule has 1 N–H and O–H groups in total. The Kier molecular flexibility index (Phi) is 4.71. The van der Waals surface area contributed by atoms with Gasteiger partial charge >= 0.3 is 6.18 Å². The molecule has 24 heavy (non-hydrogen) atoms. The number of carbonyl (C=O) groups excluding carboxylic acids is 1. The van der Waals surface area contributed by atoms with Gasteiger partial charge in [0.1, 0.15) is 5.75 Å². The van der Waals surface area contributed by atoms with Crippen molar-refractivity contribution >= 4 is 5.91 Å². The Bertz CT molecular complexity index is 594. The van der Waals surface area contributed by atoms with Crippen LogP contribution in [0.5, 0.6) is 5.75 Å². The zero-order valence-electron chi connectivity index (χ0n) is 13.5. The summed E-state index contributed by atoms with van der Waals surface area (Å²) in [4.78, 5) is 13.9. The highest BCUT2D eigenvalue weighted by atomic mass is 19.4. The number of nitrogens with zero attached hydrogens (tertiary/aromatic N) is 1. The number of fused-ring (bicyclic) bond motifs is 2. The number of benzene rings is 1. The van der Waals surface area contributed by atoms with Crippen LogP contribution in [0.1, 0.15) is 31.2 Å². The molecule has 2 aliphatic heterocycles. The molecule has 2 aliphatic rings. The van der Waals surface area contributed by atoms with Crippen LogP contribution in [0, 0.1) is 0 Å². The number of piperidine rings is 1. The highest BCUT2D eigenvalue weighted by molar-refractivity contribution is 5.78. The Labute approximate surface area is 139 Å². The fraction of sp³-hybridized carbons (Fsp3) is 0.588. The van der Waals surface area contributed by atoms with Gasteiger partial charge < -0.3 is 15.0 Å². The number of likely N-dealkylation sites (N-methyl/N-ethyl adjacent to an activating group) is 1. The average molecular weight is 342 g/mol. The molecule has 132 valence electrons. The SMILES string of the molecule is CN(C(=O)COc1ccccc1C(F)(F)F)C1CC2CCC(C1)N2. The summed E-state index contributed by atoms with van der Waals surface area (Å²) in [6, 6.07) is 5.96. The Morgan fingerprint density at radius 3 is 2.50 bits per heavy atom. The van der Waals surface area contributed by atoms with E-state index in [-0.39, 0.29) is 24.3 Å². The largest absolute Gasteiger partial charge is 0.483 e. The monoisotopic (exact) mass is 342 g/mol. The molecule has 1 amide bonds. The number of hydrogen-bond acceptors (Lipinski definition) is 3. The third kappa shape index (κ3) is 3.66. The molecule has 2 saturated heterocycles. The van der Waals surface area contributed by atoms with E-state index >= 15 is 0 Å². The molecule has 2 heterocycles. The van der Waals surface area contributed by atoms with E-state index in [2.05, 4.69) is 5.32 Å². The third-order valence-corrected chi connectivity index (χ3v) is 4.93. The predicted octanol–water partition coefficient (Wildman–Crippen LogP) is 2.83. The Balaban J connectivity index is 1.60. The van der Waals surface area contributed by atoms with E-state index in [1.54, 1.807) is 11.9 Å². The maximum absolute atomic E-state index is 12.9. The number of para-hydroxylation sites is 1. The van der Waals surface area contributed by atoms with E-state index in [1.807, 2.05) is 0 Å². The van der Waals surface area contributed by atoms with Gasteiger partial charge in [-0.15, -0.1) is 0 Å². The van der Waals surface area contributed by atoms with Gasteiger partial charge in [-0.3, -0.25) is 4.79 Å². The summed E-state index contributed by atoms with van der Waals surface area (Å²) in [7, 11) is 1.71. The zero-order chi connectivity index (χ0) is 17.3. The molecule has 3 rings (SSSR count). The van der Waals surface area contributed by atoms with Gasteiger partial charge in [0.2, 0.25) is 0 Å². The predicted molar refractivity (Wildman–Crippen MR) is 82.7 cm³/mol. The molecule has 0 saturated carbocycles. The molecule has 4 nitrogen and oxygen atoms in total. The summed E-state index contributed by atoms with van der Waals surface area (Å²) in [6.45, 7) is -0.386. The molecule has 0 aromatic heterocycles. The van der Waals surface area contributed by atoms with E-state index in [0.29, 0.717) is 12.1 Å². The van der Waals surface area contributed by atoms with Crippen LogP contribution in [0.2, 0.25) is 0 Å². The summed E-state index contributed by atoms with van der Waals surface area (Å²) >= 11 is 0. The number of alkyl halides is 3. The molecule has 0 radical (unpaired) electrons. The fourth-order valence-electron chi connectivity index (χ4n) is 3.62. The van der Waals surface area contributed by atoms with Crippen LogP contribution >= 0.6 is 0 Å². The van der Waals surface area contributed by atoms with Crippen molar-refractivity contribution in [2.24, 2.45) is 0 Å². The van der Waals surface area contributed by atoms with Crippen LogP contribution < -0.4 is 10.1 Å². The van der Waals surface area contributed by atoms with E-state index in [4.69, 9.17) is 4.74 Å². The molecule has 7 heteroatoms. The summed E-state index contributed by atoms with van der Waals surface area (Å²) in [5.41, 5.74) is -0.861. The van der Waals surface area contributed by atoms with Crippen molar-refractivity contribution in [3.63, 3.8) is 0 Å². The third-order valence-electron chi connectivity index (χ3n) is 4.93. The first kappa shape index (κ1) is 17.1. The minimum absolute atomic E-state index is 0.123. The van der Waals surface area contributed by atoms with Crippen molar-refractivity contribution in [1.82, 2.24) is 10.2 Å². The lowest BCUT2D eigenvalue weighted by Gasteiger charge is -2.35. The zero-order valence-corrected chi connectivity index (χ0v) is 13.5. The Hall–Kier alpha value is -1.76. The highest BCUT2D eigenvalue weighted by Gasteiger charge is 2.37. The molecule has 2 fully saturated rings. The molecule has 2 atom stereocenters. The molecule has 1 aromatic rings. The molecule has 0 aliphatic carbocycles. The highest BCUT2D eigenvalue weighted by Crippen LogP contribution is 2.36.